The van der Waals surface area contributed by atoms with Crippen LogP contribution in [0.1, 0.15) is 28.8 Å². The Labute approximate surface area is 133 Å². The number of rotatable bonds is 3. The summed E-state index contributed by atoms with van der Waals surface area (Å²) >= 11 is 0. The van der Waals surface area contributed by atoms with Crippen LogP contribution in [0.25, 0.3) is 11.1 Å². The molecule has 120 valence electrons. The summed E-state index contributed by atoms with van der Waals surface area (Å²) in [5.74, 6) is -0.427. The number of β-amino-alcohol motifs (C(OH)–C–C–N with tert-alkyl or cyclic N) is 1. The number of hydrogen-bond acceptors (Lipinski definition) is 6. The fourth-order valence-corrected chi connectivity index (χ4v) is 2.79. The van der Waals surface area contributed by atoms with Crippen molar-refractivity contribution in [3.8, 4) is 11.1 Å². The first-order valence-electron chi connectivity index (χ1n) is 7.49. The van der Waals surface area contributed by atoms with E-state index in [0.717, 1.165) is 24.9 Å². The SMILES string of the molecule is Cc1c(C(=O)O)cncc1-c1cnc(N2CCCC(O)C2)nc1. The number of carboxylic acids is 1. The highest BCUT2D eigenvalue weighted by atomic mass is 16.4. The van der Waals surface area contributed by atoms with Crippen molar-refractivity contribution in [1.29, 1.82) is 0 Å². The van der Waals surface area contributed by atoms with E-state index in [9.17, 15) is 15.0 Å². The van der Waals surface area contributed by atoms with Crippen molar-refractivity contribution in [2.24, 2.45) is 0 Å². The van der Waals surface area contributed by atoms with Crippen LogP contribution in [-0.2, 0) is 0 Å². The molecule has 2 aromatic heterocycles. The minimum Gasteiger partial charge on any atom is -0.478 e. The van der Waals surface area contributed by atoms with E-state index in [1.54, 1.807) is 25.5 Å². The highest BCUT2D eigenvalue weighted by Crippen LogP contribution is 2.25. The average molecular weight is 314 g/mol. The van der Waals surface area contributed by atoms with Gasteiger partial charge in [-0.2, -0.15) is 0 Å². The topological polar surface area (TPSA) is 99.4 Å². The number of pyridine rings is 1. The Kier molecular flexibility index (Phi) is 4.20. The Morgan fingerprint density at radius 1 is 1.26 bits per heavy atom. The maximum Gasteiger partial charge on any atom is 0.337 e. The number of piperidine rings is 1. The van der Waals surface area contributed by atoms with E-state index in [4.69, 9.17) is 0 Å². The second kappa shape index (κ2) is 6.29. The maximum atomic E-state index is 11.2. The van der Waals surface area contributed by atoms with Crippen molar-refractivity contribution in [2.75, 3.05) is 18.0 Å². The minimum atomic E-state index is -1.00. The lowest BCUT2D eigenvalue weighted by atomic mass is 10.0. The first-order chi connectivity index (χ1) is 11.1. The molecule has 1 aliphatic rings. The number of aliphatic hydroxyl groups excluding tert-OH is 1. The molecule has 0 aliphatic carbocycles. The molecule has 3 rings (SSSR count). The van der Waals surface area contributed by atoms with Gasteiger partial charge in [0.15, 0.2) is 0 Å². The van der Waals surface area contributed by atoms with E-state index in [1.165, 1.54) is 6.20 Å². The van der Waals surface area contributed by atoms with Crippen LogP contribution in [0.5, 0.6) is 0 Å². The van der Waals surface area contributed by atoms with Crippen molar-refractivity contribution >= 4 is 11.9 Å². The molecule has 1 aliphatic heterocycles. The van der Waals surface area contributed by atoms with Crippen LogP contribution in [0.4, 0.5) is 5.95 Å². The van der Waals surface area contributed by atoms with Gasteiger partial charge in [0.1, 0.15) is 0 Å². The van der Waals surface area contributed by atoms with Crippen molar-refractivity contribution < 1.29 is 15.0 Å². The van der Waals surface area contributed by atoms with Crippen molar-refractivity contribution in [1.82, 2.24) is 15.0 Å². The molecule has 0 aromatic carbocycles. The maximum absolute atomic E-state index is 11.2. The van der Waals surface area contributed by atoms with Crippen molar-refractivity contribution in [3.05, 3.63) is 35.9 Å². The highest BCUT2D eigenvalue weighted by Gasteiger charge is 2.20. The van der Waals surface area contributed by atoms with Gasteiger partial charge >= 0.3 is 5.97 Å². The van der Waals surface area contributed by atoms with E-state index in [-0.39, 0.29) is 11.7 Å². The van der Waals surface area contributed by atoms with E-state index >= 15 is 0 Å². The molecule has 1 atom stereocenters. The minimum absolute atomic E-state index is 0.172. The van der Waals surface area contributed by atoms with Gasteiger partial charge in [-0.15, -0.1) is 0 Å². The fraction of sp³-hybridized carbons (Fsp3) is 0.375. The molecule has 2 aromatic rings. The van der Waals surface area contributed by atoms with E-state index in [0.29, 0.717) is 23.6 Å². The molecule has 0 saturated carbocycles. The predicted molar refractivity (Wildman–Crippen MR) is 84.4 cm³/mol. The predicted octanol–water partition coefficient (Wildman–Crippen LogP) is 1.51. The van der Waals surface area contributed by atoms with Crippen LogP contribution in [0.2, 0.25) is 0 Å². The van der Waals surface area contributed by atoms with Gasteiger partial charge in [0.2, 0.25) is 5.95 Å². The second-order valence-electron chi connectivity index (χ2n) is 5.68. The van der Waals surface area contributed by atoms with Crippen LogP contribution in [0.15, 0.2) is 24.8 Å². The van der Waals surface area contributed by atoms with E-state index < -0.39 is 5.97 Å². The summed E-state index contributed by atoms with van der Waals surface area (Å²) in [6.07, 6.45) is 7.66. The van der Waals surface area contributed by atoms with E-state index in [1.807, 2.05) is 4.90 Å². The molecule has 23 heavy (non-hydrogen) atoms. The van der Waals surface area contributed by atoms with Gasteiger partial charge < -0.3 is 15.1 Å². The quantitative estimate of drug-likeness (QED) is 0.885. The Morgan fingerprint density at radius 2 is 2.00 bits per heavy atom. The average Bonchev–Trinajstić information content (AvgIpc) is 2.55. The zero-order chi connectivity index (χ0) is 16.4. The number of aromatic carboxylic acids is 1. The summed E-state index contributed by atoms with van der Waals surface area (Å²) in [5, 5.41) is 18.9. The van der Waals surface area contributed by atoms with Gasteiger partial charge in [-0.1, -0.05) is 0 Å². The molecule has 0 amide bonds. The summed E-state index contributed by atoms with van der Waals surface area (Å²) in [7, 11) is 0. The molecule has 0 radical (unpaired) electrons. The number of carboxylic acid groups (broad SMARTS) is 1. The normalized spacial score (nSPS) is 18.0. The lowest BCUT2D eigenvalue weighted by molar-refractivity contribution is 0.0695. The monoisotopic (exact) mass is 314 g/mol. The Hall–Kier alpha value is -2.54. The molecular formula is C16H18N4O3. The number of carbonyl (C=O) groups is 1. The highest BCUT2D eigenvalue weighted by molar-refractivity contribution is 5.91. The lowest BCUT2D eigenvalue weighted by Gasteiger charge is -2.29. The van der Waals surface area contributed by atoms with E-state index in [2.05, 4.69) is 15.0 Å². The summed E-state index contributed by atoms with van der Waals surface area (Å²) in [5.41, 5.74) is 2.23. The zero-order valence-corrected chi connectivity index (χ0v) is 12.8. The molecule has 7 heteroatoms. The standard InChI is InChI=1S/C16H18N4O3/c1-10-13(7-17-8-14(10)15(22)23)11-5-18-16(19-6-11)20-4-2-3-12(21)9-20/h5-8,12,21H,2-4,9H2,1H3,(H,22,23). The molecule has 3 heterocycles. The third-order valence-electron chi connectivity index (χ3n) is 4.07. The number of anilines is 1. The molecule has 1 unspecified atom stereocenters. The van der Waals surface area contributed by atoms with Crippen LogP contribution < -0.4 is 4.90 Å². The molecular weight excluding hydrogens is 296 g/mol. The molecule has 0 bridgehead atoms. The first-order valence-corrected chi connectivity index (χ1v) is 7.49. The molecule has 7 nitrogen and oxygen atoms in total. The Bertz CT molecular complexity index is 718. The molecule has 2 N–H and O–H groups in total. The van der Waals surface area contributed by atoms with Gasteiger partial charge in [-0.05, 0) is 25.3 Å². The van der Waals surface area contributed by atoms with Crippen molar-refractivity contribution in [3.63, 3.8) is 0 Å². The van der Waals surface area contributed by atoms with Gasteiger partial charge in [0.25, 0.3) is 0 Å². The van der Waals surface area contributed by atoms with Crippen LogP contribution in [0.3, 0.4) is 0 Å². The summed E-state index contributed by atoms with van der Waals surface area (Å²) in [6.45, 7) is 3.11. The third-order valence-corrected chi connectivity index (χ3v) is 4.07. The zero-order valence-electron chi connectivity index (χ0n) is 12.8. The molecule has 1 fully saturated rings. The fourth-order valence-electron chi connectivity index (χ4n) is 2.79. The number of aromatic nitrogens is 3. The van der Waals surface area contributed by atoms with Crippen molar-refractivity contribution in [2.45, 2.75) is 25.9 Å². The number of nitrogens with zero attached hydrogens (tertiary/aromatic N) is 4. The summed E-state index contributed by atoms with van der Waals surface area (Å²) < 4.78 is 0. The Morgan fingerprint density at radius 3 is 2.65 bits per heavy atom. The van der Waals surface area contributed by atoms with Gasteiger partial charge in [0, 0.05) is 49.0 Å². The first kappa shape index (κ1) is 15.4. The van der Waals surface area contributed by atoms with Gasteiger partial charge in [-0.3, -0.25) is 4.98 Å². The number of hydrogen-bond donors (Lipinski definition) is 2. The van der Waals surface area contributed by atoms with Crippen LogP contribution >= 0.6 is 0 Å². The molecule has 1 saturated heterocycles. The van der Waals surface area contributed by atoms with Crippen LogP contribution in [0, 0.1) is 6.92 Å². The van der Waals surface area contributed by atoms with Gasteiger partial charge in [-0.25, -0.2) is 14.8 Å². The van der Waals surface area contributed by atoms with Crippen LogP contribution in [-0.4, -0.2) is 50.3 Å². The second-order valence-corrected chi connectivity index (χ2v) is 5.68. The smallest absolute Gasteiger partial charge is 0.337 e. The summed E-state index contributed by atoms with van der Waals surface area (Å²) in [4.78, 5) is 25.9. The third kappa shape index (κ3) is 3.14. The number of aliphatic hydroxyl groups is 1. The largest absolute Gasteiger partial charge is 0.478 e. The summed E-state index contributed by atoms with van der Waals surface area (Å²) in [6, 6.07) is 0. The molecule has 0 spiro atoms. The lowest BCUT2D eigenvalue weighted by Crippen LogP contribution is -2.39. The van der Waals surface area contributed by atoms with Gasteiger partial charge in [0.05, 0.1) is 11.7 Å². The Balaban J connectivity index is 1.88.